The van der Waals surface area contributed by atoms with Gasteiger partial charge in [-0.3, -0.25) is 4.79 Å². The van der Waals surface area contributed by atoms with Crippen molar-refractivity contribution in [1.82, 2.24) is 20.2 Å². The van der Waals surface area contributed by atoms with Crippen molar-refractivity contribution in [2.24, 2.45) is 0 Å². The van der Waals surface area contributed by atoms with Gasteiger partial charge in [-0.25, -0.2) is 4.98 Å². The summed E-state index contributed by atoms with van der Waals surface area (Å²) in [5, 5.41) is 2.88. The largest absolute Gasteiger partial charge is 0.490 e. The Kier molecular flexibility index (Phi) is 5.15. The summed E-state index contributed by atoms with van der Waals surface area (Å²) >= 11 is 0. The number of ether oxygens (including phenoxy) is 1. The van der Waals surface area contributed by atoms with E-state index in [1.165, 1.54) is 0 Å². The average molecular weight is 328 g/mol. The number of carbonyl (C=O) groups excluding carboxylic acids is 1. The second-order valence-electron chi connectivity index (χ2n) is 6.33. The predicted octanol–water partition coefficient (Wildman–Crippen LogP) is 2.12. The lowest BCUT2D eigenvalue weighted by Gasteiger charge is -2.29. The molecule has 0 spiro atoms. The minimum atomic E-state index is -0.151. The van der Waals surface area contributed by atoms with Crippen molar-refractivity contribution >= 4 is 5.91 Å². The molecule has 1 aliphatic rings. The van der Waals surface area contributed by atoms with E-state index in [2.05, 4.69) is 27.2 Å². The minimum absolute atomic E-state index is 0.151. The van der Waals surface area contributed by atoms with Crippen molar-refractivity contribution in [1.29, 1.82) is 0 Å². The first-order valence-electron chi connectivity index (χ1n) is 8.34. The number of amides is 1. The van der Waals surface area contributed by atoms with E-state index in [9.17, 15) is 4.79 Å². The molecule has 3 rings (SSSR count). The van der Waals surface area contributed by atoms with Crippen LogP contribution >= 0.6 is 0 Å². The number of aromatic nitrogens is 2. The summed E-state index contributed by atoms with van der Waals surface area (Å²) < 4.78 is 6.03. The van der Waals surface area contributed by atoms with E-state index in [1.807, 2.05) is 31.2 Å². The SMILES string of the molecule is Cc1ncc(C(=O)NCc2ccc(OC3CCN(C)CC3)cc2)[nH]1. The average Bonchev–Trinajstić information content (AvgIpc) is 3.03. The zero-order valence-electron chi connectivity index (χ0n) is 14.2. The van der Waals surface area contributed by atoms with E-state index in [0.29, 0.717) is 18.3 Å². The lowest BCUT2D eigenvalue weighted by Crippen LogP contribution is -2.35. The third kappa shape index (κ3) is 4.35. The molecule has 1 aromatic carbocycles. The van der Waals surface area contributed by atoms with Gasteiger partial charge in [-0.1, -0.05) is 12.1 Å². The number of hydrogen-bond donors (Lipinski definition) is 2. The molecule has 1 amide bonds. The van der Waals surface area contributed by atoms with Crippen LogP contribution in [-0.4, -0.2) is 47.0 Å². The highest BCUT2D eigenvalue weighted by atomic mass is 16.5. The van der Waals surface area contributed by atoms with Gasteiger partial charge in [0.15, 0.2) is 0 Å². The molecule has 0 unspecified atom stereocenters. The van der Waals surface area contributed by atoms with Gasteiger partial charge in [-0.05, 0) is 44.5 Å². The molecule has 24 heavy (non-hydrogen) atoms. The summed E-state index contributed by atoms with van der Waals surface area (Å²) in [7, 11) is 2.14. The molecule has 128 valence electrons. The number of aryl methyl sites for hydroxylation is 1. The normalized spacial score (nSPS) is 16.1. The smallest absolute Gasteiger partial charge is 0.269 e. The monoisotopic (exact) mass is 328 g/mol. The van der Waals surface area contributed by atoms with Crippen molar-refractivity contribution in [2.45, 2.75) is 32.4 Å². The molecule has 0 atom stereocenters. The first-order chi connectivity index (χ1) is 11.6. The van der Waals surface area contributed by atoms with Crippen LogP contribution in [0.5, 0.6) is 5.75 Å². The van der Waals surface area contributed by atoms with Crippen LogP contribution in [0, 0.1) is 6.92 Å². The van der Waals surface area contributed by atoms with Gasteiger partial charge in [0.25, 0.3) is 5.91 Å². The molecule has 1 saturated heterocycles. The number of nitrogens with zero attached hydrogens (tertiary/aromatic N) is 2. The maximum absolute atomic E-state index is 12.0. The Morgan fingerprint density at radius 1 is 1.33 bits per heavy atom. The van der Waals surface area contributed by atoms with Gasteiger partial charge in [0.05, 0.1) is 6.20 Å². The van der Waals surface area contributed by atoms with Crippen LogP contribution in [0.25, 0.3) is 0 Å². The summed E-state index contributed by atoms with van der Waals surface area (Å²) in [5.41, 5.74) is 1.52. The third-order valence-corrected chi connectivity index (χ3v) is 4.29. The number of imidazole rings is 1. The lowest BCUT2D eigenvalue weighted by molar-refractivity contribution is 0.0946. The van der Waals surface area contributed by atoms with E-state index >= 15 is 0 Å². The molecular weight excluding hydrogens is 304 g/mol. The van der Waals surface area contributed by atoms with Crippen molar-refractivity contribution in [3.63, 3.8) is 0 Å². The molecule has 0 radical (unpaired) electrons. The van der Waals surface area contributed by atoms with E-state index in [4.69, 9.17) is 4.74 Å². The fraction of sp³-hybridized carbons (Fsp3) is 0.444. The number of H-pyrrole nitrogens is 1. The van der Waals surface area contributed by atoms with Gasteiger partial charge >= 0.3 is 0 Å². The van der Waals surface area contributed by atoms with Crippen LogP contribution in [0.4, 0.5) is 0 Å². The maximum atomic E-state index is 12.0. The fourth-order valence-electron chi connectivity index (χ4n) is 2.79. The Balaban J connectivity index is 1.48. The van der Waals surface area contributed by atoms with Crippen molar-refractivity contribution < 1.29 is 9.53 Å². The highest BCUT2D eigenvalue weighted by molar-refractivity contribution is 5.92. The number of hydrogen-bond acceptors (Lipinski definition) is 4. The maximum Gasteiger partial charge on any atom is 0.269 e. The molecule has 0 aliphatic carbocycles. The number of benzene rings is 1. The fourth-order valence-corrected chi connectivity index (χ4v) is 2.79. The molecule has 0 saturated carbocycles. The van der Waals surface area contributed by atoms with Gasteiger partial charge < -0.3 is 19.9 Å². The predicted molar refractivity (Wildman–Crippen MR) is 92.1 cm³/mol. The first-order valence-corrected chi connectivity index (χ1v) is 8.34. The minimum Gasteiger partial charge on any atom is -0.490 e. The van der Waals surface area contributed by atoms with E-state index < -0.39 is 0 Å². The summed E-state index contributed by atoms with van der Waals surface area (Å²) in [5.74, 6) is 1.47. The molecular formula is C18H24N4O2. The van der Waals surface area contributed by atoms with E-state index in [-0.39, 0.29) is 5.91 Å². The van der Waals surface area contributed by atoms with Crippen LogP contribution in [0.15, 0.2) is 30.5 Å². The van der Waals surface area contributed by atoms with Gasteiger partial charge in [0.1, 0.15) is 23.4 Å². The Morgan fingerprint density at radius 2 is 2.04 bits per heavy atom. The molecule has 2 N–H and O–H groups in total. The van der Waals surface area contributed by atoms with Crippen molar-refractivity contribution in [2.75, 3.05) is 20.1 Å². The topological polar surface area (TPSA) is 70.2 Å². The quantitative estimate of drug-likeness (QED) is 0.882. The van der Waals surface area contributed by atoms with E-state index in [0.717, 1.165) is 43.1 Å². The van der Waals surface area contributed by atoms with Crippen LogP contribution in [0.3, 0.4) is 0 Å². The van der Waals surface area contributed by atoms with Gasteiger partial charge in [-0.2, -0.15) is 0 Å². The standard InChI is InChI=1S/C18H24N4O2/c1-13-19-12-17(21-13)18(23)20-11-14-3-5-15(6-4-14)24-16-7-9-22(2)10-8-16/h3-6,12,16H,7-11H2,1-2H3,(H,19,21)(H,20,23). The van der Waals surface area contributed by atoms with Crippen LogP contribution < -0.4 is 10.1 Å². The van der Waals surface area contributed by atoms with Gasteiger partial charge in [0, 0.05) is 19.6 Å². The lowest BCUT2D eigenvalue weighted by atomic mass is 10.1. The van der Waals surface area contributed by atoms with Gasteiger partial charge in [0.2, 0.25) is 0 Å². The number of aromatic amines is 1. The molecule has 2 aromatic rings. The Bertz CT molecular complexity index is 673. The number of piperidine rings is 1. The van der Waals surface area contributed by atoms with Crippen LogP contribution in [0.2, 0.25) is 0 Å². The number of rotatable bonds is 5. The number of likely N-dealkylation sites (tertiary alicyclic amines) is 1. The van der Waals surface area contributed by atoms with Crippen molar-refractivity contribution in [3.05, 3.63) is 47.5 Å². The summed E-state index contributed by atoms with van der Waals surface area (Å²) in [6, 6.07) is 7.92. The molecule has 1 aliphatic heterocycles. The molecule has 1 fully saturated rings. The highest BCUT2D eigenvalue weighted by Crippen LogP contribution is 2.19. The molecule has 6 heteroatoms. The molecule has 1 aromatic heterocycles. The summed E-state index contributed by atoms with van der Waals surface area (Å²) in [4.78, 5) is 21.3. The highest BCUT2D eigenvalue weighted by Gasteiger charge is 2.17. The Hall–Kier alpha value is -2.34. The van der Waals surface area contributed by atoms with Crippen LogP contribution in [0.1, 0.15) is 34.7 Å². The number of nitrogens with one attached hydrogen (secondary N) is 2. The van der Waals surface area contributed by atoms with Gasteiger partial charge in [-0.15, -0.1) is 0 Å². The second kappa shape index (κ2) is 7.49. The molecule has 2 heterocycles. The first kappa shape index (κ1) is 16.5. The third-order valence-electron chi connectivity index (χ3n) is 4.29. The van der Waals surface area contributed by atoms with E-state index in [1.54, 1.807) is 6.20 Å². The Morgan fingerprint density at radius 3 is 2.67 bits per heavy atom. The molecule has 6 nitrogen and oxygen atoms in total. The Labute approximate surface area is 142 Å². The summed E-state index contributed by atoms with van der Waals surface area (Å²) in [6.07, 6.45) is 3.98. The summed E-state index contributed by atoms with van der Waals surface area (Å²) in [6.45, 7) is 4.47. The zero-order valence-corrected chi connectivity index (χ0v) is 14.2. The molecule has 0 bridgehead atoms. The van der Waals surface area contributed by atoms with Crippen LogP contribution in [-0.2, 0) is 6.54 Å². The van der Waals surface area contributed by atoms with Crippen molar-refractivity contribution in [3.8, 4) is 5.75 Å². The number of carbonyl (C=O) groups is 1. The second-order valence-corrected chi connectivity index (χ2v) is 6.33. The zero-order chi connectivity index (χ0) is 16.9.